The first-order valence-corrected chi connectivity index (χ1v) is 6.06. The summed E-state index contributed by atoms with van der Waals surface area (Å²) in [7, 11) is 0. The maximum absolute atomic E-state index is 11.9. The van der Waals surface area contributed by atoms with Crippen molar-refractivity contribution in [2.24, 2.45) is 0 Å². The Hall–Kier alpha value is -2.20. The summed E-state index contributed by atoms with van der Waals surface area (Å²) in [6.45, 7) is 0.337. The van der Waals surface area contributed by atoms with Crippen molar-refractivity contribution < 1.29 is 9.90 Å². The third-order valence-electron chi connectivity index (χ3n) is 2.70. The molecule has 0 bridgehead atoms. The fourth-order valence-electron chi connectivity index (χ4n) is 1.62. The molecule has 19 heavy (non-hydrogen) atoms. The van der Waals surface area contributed by atoms with E-state index in [1.165, 1.54) is 18.2 Å². The number of aromatic hydroxyl groups is 1. The van der Waals surface area contributed by atoms with Crippen LogP contribution >= 0.6 is 11.6 Å². The smallest absolute Gasteiger partial charge is 0.251 e. The molecule has 4 N–H and O–H groups in total. The molecule has 0 radical (unpaired) electrons. The van der Waals surface area contributed by atoms with E-state index in [4.69, 9.17) is 17.3 Å². The molecule has 0 aliphatic rings. The number of anilines is 1. The molecule has 4 nitrogen and oxygen atoms in total. The Labute approximate surface area is 115 Å². The van der Waals surface area contributed by atoms with Gasteiger partial charge in [-0.1, -0.05) is 29.8 Å². The molecule has 0 spiro atoms. The average molecular weight is 277 g/mol. The number of hydrogen-bond donors (Lipinski definition) is 3. The van der Waals surface area contributed by atoms with Gasteiger partial charge in [0.15, 0.2) is 0 Å². The van der Waals surface area contributed by atoms with Crippen LogP contribution in [0.4, 0.5) is 5.69 Å². The summed E-state index contributed by atoms with van der Waals surface area (Å²) in [6.07, 6.45) is 0. The van der Waals surface area contributed by atoms with Gasteiger partial charge >= 0.3 is 0 Å². The predicted molar refractivity (Wildman–Crippen MR) is 75.1 cm³/mol. The van der Waals surface area contributed by atoms with E-state index >= 15 is 0 Å². The Morgan fingerprint density at radius 3 is 2.68 bits per heavy atom. The zero-order valence-corrected chi connectivity index (χ0v) is 10.8. The second-order valence-electron chi connectivity index (χ2n) is 4.05. The van der Waals surface area contributed by atoms with E-state index in [-0.39, 0.29) is 16.7 Å². The molecule has 0 heterocycles. The maximum Gasteiger partial charge on any atom is 0.251 e. The minimum Gasteiger partial charge on any atom is -0.506 e. The van der Waals surface area contributed by atoms with Gasteiger partial charge in [0.05, 0.1) is 5.02 Å². The van der Waals surface area contributed by atoms with Crippen molar-refractivity contribution in [3.05, 3.63) is 58.6 Å². The molecular weight excluding hydrogens is 264 g/mol. The summed E-state index contributed by atoms with van der Waals surface area (Å²) in [4.78, 5) is 11.9. The molecule has 5 heteroatoms. The molecule has 98 valence electrons. The van der Waals surface area contributed by atoms with Gasteiger partial charge in [-0.2, -0.15) is 0 Å². The fraction of sp³-hybridized carbons (Fsp3) is 0.0714. The van der Waals surface area contributed by atoms with Crippen molar-refractivity contribution in [2.75, 3.05) is 5.73 Å². The lowest BCUT2D eigenvalue weighted by atomic mass is 10.1. The van der Waals surface area contributed by atoms with E-state index in [1.54, 1.807) is 6.07 Å². The maximum atomic E-state index is 11.9. The summed E-state index contributed by atoms with van der Waals surface area (Å²) in [5, 5.41) is 12.2. The van der Waals surface area contributed by atoms with E-state index in [9.17, 15) is 9.90 Å². The van der Waals surface area contributed by atoms with Gasteiger partial charge in [0, 0.05) is 17.8 Å². The van der Waals surface area contributed by atoms with Gasteiger partial charge in [0.1, 0.15) is 5.75 Å². The van der Waals surface area contributed by atoms with Crippen LogP contribution in [-0.4, -0.2) is 11.0 Å². The van der Waals surface area contributed by atoms with Gasteiger partial charge in [-0.25, -0.2) is 0 Å². The number of para-hydroxylation sites is 1. The molecule has 2 aromatic rings. The second-order valence-corrected chi connectivity index (χ2v) is 4.45. The number of nitrogen functional groups attached to an aromatic ring is 1. The number of benzene rings is 2. The highest BCUT2D eigenvalue weighted by atomic mass is 35.5. The summed E-state index contributed by atoms with van der Waals surface area (Å²) in [5.41, 5.74) is 7.65. The lowest BCUT2D eigenvalue weighted by molar-refractivity contribution is 0.0951. The number of halogens is 1. The molecule has 0 aromatic heterocycles. The number of carbonyl (C=O) groups is 1. The highest BCUT2D eigenvalue weighted by molar-refractivity contribution is 6.32. The fourth-order valence-corrected chi connectivity index (χ4v) is 1.80. The van der Waals surface area contributed by atoms with Crippen molar-refractivity contribution in [1.82, 2.24) is 5.32 Å². The van der Waals surface area contributed by atoms with Crippen LogP contribution in [-0.2, 0) is 6.54 Å². The number of amides is 1. The van der Waals surface area contributed by atoms with Crippen molar-refractivity contribution in [1.29, 1.82) is 0 Å². The average Bonchev–Trinajstić information content (AvgIpc) is 2.40. The SMILES string of the molecule is Nc1ccccc1CNC(=O)c1ccc(O)c(Cl)c1. The topological polar surface area (TPSA) is 75.3 Å². The highest BCUT2D eigenvalue weighted by Crippen LogP contribution is 2.23. The summed E-state index contributed by atoms with van der Waals surface area (Å²) < 4.78 is 0. The van der Waals surface area contributed by atoms with Crippen LogP contribution in [0.25, 0.3) is 0 Å². The zero-order chi connectivity index (χ0) is 13.8. The predicted octanol–water partition coefficient (Wildman–Crippen LogP) is 2.56. The molecule has 0 aliphatic heterocycles. The van der Waals surface area contributed by atoms with E-state index in [0.717, 1.165) is 5.56 Å². The minimum absolute atomic E-state index is 0.0504. The van der Waals surface area contributed by atoms with Gasteiger partial charge in [0.2, 0.25) is 0 Å². The van der Waals surface area contributed by atoms with Crippen LogP contribution in [0.2, 0.25) is 5.02 Å². The van der Waals surface area contributed by atoms with E-state index < -0.39 is 0 Å². The molecule has 2 aromatic carbocycles. The number of nitrogens with two attached hydrogens (primary N) is 1. The molecule has 0 atom stereocenters. The van der Waals surface area contributed by atoms with Gasteiger partial charge < -0.3 is 16.2 Å². The standard InChI is InChI=1S/C14H13ClN2O2/c15-11-7-9(5-6-13(11)18)14(19)17-8-10-3-1-2-4-12(10)16/h1-7,18H,8,16H2,(H,17,19). The zero-order valence-electron chi connectivity index (χ0n) is 10.1. The van der Waals surface area contributed by atoms with Crippen LogP contribution in [0.3, 0.4) is 0 Å². The summed E-state index contributed by atoms with van der Waals surface area (Å²) >= 11 is 5.75. The highest BCUT2D eigenvalue weighted by Gasteiger charge is 2.08. The van der Waals surface area contributed by atoms with Gasteiger partial charge in [-0.15, -0.1) is 0 Å². The van der Waals surface area contributed by atoms with E-state index in [0.29, 0.717) is 17.8 Å². The van der Waals surface area contributed by atoms with Crippen molar-refractivity contribution in [3.8, 4) is 5.75 Å². The molecule has 2 rings (SSSR count). The Kier molecular flexibility index (Phi) is 3.92. The largest absolute Gasteiger partial charge is 0.506 e. The first kappa shape index (κ1) is 13.2. The third-order valence-corrected chi connectivity index (χ3v) is 3.01. The molecule has 0 aliphatic carbocycles. The van der Waals surface area contributed by atoms with Crippen molar-refractivity contribution in [3.63, 3.8) is 0 Å². The van der Waals surface area contributed by atoms with Gasteiger partial charge in [-0.05, 0) is 29.8 Å². The quantitative estimate of drug-likeness (QED) is 0.754. The van der Waals surface area contributed by atoms with Gasteiger partial charge in [-0.3, -0.25) is 4.79 Å². The van der Waals surface area contributed by atoms with Crippen molar-refractivity contribution >= 4 is 23.2 Å². The summed E-state index contributed by atoms with van der Waals surface area (Å²) in [5.74, 6) is -0.323. The van der Waals surface area contributed by atoms with E-state index in [2.05, 4.69) is 5.32 Å². The first-order chi connectivity index (χ1) is 9.08. The molecular formula is C14H13ClN2O2. The summed E-state index contributed by atoms with van der Waals surface area (Å²) in [6, 6.07) is 11.6. The number of rotatable bonds is 3. The molecule has 0 saturated carbocycles. The Morgan fingerprint density at radius 1 is 1.26 bits per heavy atom. The monoisotopic (exact) mass is 276 g/mol. The molecule has 0 unspecified atom stereocenters. The second kappa shape index (κ2) is 5.63. The van der Waals surface area contributed by atoms with Crippen LogP contribution < -0.4 is 11.1 Å². The van der Waals surface area contributed by atoms with E-state index in [1.807, 2.05) is 18.2 Å². The Morgan fingerprint density at radius 2 is 2.00 bits per heavy atom. The number of phenols is 1. The Bertz CT molecular complexity index is 614. The molecule has 0 fully saturated rings. The van der Waals surface area contributed by atoms with Crippen LogP contribution in [0.1, 0.15) is 15.9 Å². The van der Waals surface area contributed by atoms with Crippen molar-refractivity contribution in [2.45, 2.75) is 6.54 Å². The lowest BCUT2D eigenvalue weighted by Gasteiger charge is -2.08. The third kappa shape index (κ3) is 3.17. The number of hydrogen-bond acceptors (Lipinski definition) is 3. The Balaban J connectivity index is 2.05. The lowest BCUT2D eigenvalue weighted by Crippen LogP contribution is -2.23. The van der Waals surface area contributed by atoms with Crippen LogP contribution in [0.15, 0.2) is 42.5 Å². The van der Waals surface area contributed by atoms with Gasteiger partial charge in [0.25, 0.3) is 5.91 Å². The minimum atomic E-state index is -0.273. The first-order valence-electron chi connectivity index (χ1n) is 5.68. The molecule has 1 amide bonds. The van der Waals surface area contributed by atoms with Crippen LogP contribution in [0, 0.1) is 0 Å². The normalized spacial score (nSPS) is 10.2. The number of phenolic OH excluding ortho intramolecular Hbond substituents is 1. The number of nitrogens with one attached hydrogen (secondary N) is 1. The molecule has 0 saturated heterocycles. The van der Waals surface area contributed by atoms with Crippen LogP contribution in [0.5, 0.6) is 5.75 Å². The number of carbonyl (C=O) groups excluding carboxylic acids is 1.